The number of carbonyl (C=O) groups excluding carboxylic acids is 2. The highest BCUT2D eigenvalue weighted by atomic mass is 32.2. The lowest BCUT2D eigenvalue weighted by molar-refractivity contribution is -0.149. The van der Waals surface area contributed by atoms with E-state index >= 15 is 0 Å². The zero-order valence-electron chi connectivity index (χ0n) is 11.2. The third kappa shape index (κ3) is 1.95. The van der Waals surface area contributed by atoms with E-state index in [-0.39, 0.29) is 4.87 Å². The molecule has 0 spiro atoms. The maximum Gasteiger partial charge on any atom is 0.323 e. The minimum Gasteiger partial charge on any atom is -0.480 e. The van der Waals surface area contributed by atoms with Gasteiger partial charge in [-0.1, -0.05) is 36.9 Å². The Hall–Kier alpha value is -1.61. The molecule has 0 radical (unpaired) electrons. The van der Waals surface area contributed by atoms with Gasteiger partial charge in [-0.2, -0.15) is 0 Å². The first-order chi connectivity index (χ1) is 9.73. The lowest BCUT2D eigenvalue weighted by Crippen LogP contribution is -2.41. The summed E-state index contributed by atoms with van der Waals surface area (Å²) < 4.78 is 0. The van der Waals surface area contributed by atoms with E-state index in [1.54, 1.807) is 0 Å². The first-order valence-electron chi connectivity index (χ1n) is 6.20. The zero-order chi connectivity index (χ0) is 15.5. The molecule has 0 saturated carbocycles. The van der Waals surface area contributed by atoms with Crippen LogP contribution in [0.2, 0.25) is 0 Å². The van der Waals surface area contributed by atoms with Gasteiger partial charge in [0.25, 0.3) is 0 Å². The molecule has 0 bridgehead atoms. The summed E-state index contributed by atoms with van der Waals surface area (Å²) in [5.41, 5.74) is -0.685. The molecule has 21 heavy (non-hydrogen) atoms. The van der Waals surface area contributed by atoms with Crippen molar-refractivity contribution < 1.29 is 19.5 Å². The van der Waals surface area contributed by atoms with Crippen LogP contribution in [0.15, 0.2) is 9.82 Å². The number of aromatic nitrogens is 1. The number of aliphatic carboxylic acids is 1. The minimum atomic E-state index is -1.22. The Morgan fingerprint density at radius 2 is 2.00 bits per heavy atom. The van der Waals surface area contributed by atoms with Gasteiger partial charge in [-0.15, -0.1) is 0 Å². The second-order valence-corrected chi connectivity index (χ2v) is 7.70. The third-order valence-electron chi connectivity index (χ3n) is 3.86. The molecule has 2 N–H and O–H groups in total. The minimum absolute atomic E-state index is 0.220. The molecule has 1 fully saturated rings. The maximum atomic E-state index is 12.5. The van der Waals surface area contributed by atoms with Crippen molar-refractivity contribution in [3.8, 4) is 0 Å². The Balaban J connectivity index is 2.07. The van der Waals surface area contributed by atoms with Crippen molar-refractivity contribution in [3.05, 3.63) is 14.5 Å². The number of hydrogen-bond acceptors (Lipinski definition) is 6. The Morgan fingerprint density at radius 3 is 2.62 bits per heavy atom. The molecule has 3 rings (SSSR count). The van der Waals surface area contributed by atoms with Crippen LogP contribution in [0.1, 0.15) is 18.7 Å². The Bertz CT molecular complexity index is 719. The lowest BCUT2D eigenvalue weighted by atomic mass is 9.76. The number of imide groups is 1. The van der Waals surface area contributed by atoms with Crippen LogP contribution in [0.4, 0.5) is 0 Å². The molecular weight excluding hydrogens is 316 g/mol. The lowest BCUT2D eigenvalue weighted by Gasteiger charge is -2.36. The number of carboxylic acid groups (broad SMARTS) is 1. The summed E-state index contributed by atoms with van der Waals surface area (Å²) in [6.45, 7) is 3.00. The molecule has 2 aliphatic heterocycles. The number of nitrogens with one attached hydrogen (secondary N) is 1. The summed E-state index contributed by atoms with van der Waals surface area (Å²) in [5.74, 6) is -2.84. The number of aromatic amines is 1. The van der Waals surface area contributed by atoms with Crippen molar-refractivity contribution >= 4 is 40.9 Å². The zero-order valence-corrected chi connectivity index (χ0v) is 12.8. The molecule has 1 saturated heterocycles. The monoisotopic (exact) mass is 328 g/mol. The molecular formula is C12H12N2O5S2. The van der Waals surface area contributed by atoms with Crippen LogP contribution < -0.4 is 4.87 Å². The Kier molecular flexibility index (Phi) is 3.03. The predicted molar refractivity (Wildman–Crippen MR) is 75.5 cm³/mol. The van der Waals surface area contributed by atoms with Gasteiger partial charge in [0.1, 0.15) is 11.8 Å². The van der Waals surface area contributed by atoms with Gasteiger partial charge in [0.2, 0.25) is 11.8 Å². The van der Waals surface area contributed by atoms with E-state index in [4.69, 9.17) is 5.11 Å². The molecule has 7 nitrogen and oxygen atoms in total. The van der Waals surface area contributed by atoms with E-state index in [1.165, 1.54) is 0 Å². The summed E-state index contributed by atoms with van der Waals surface area (Å²) in [6, 6.07) is 0. The molecule has 112 valence electrons. The summed E-state index contributed by atoms with van der Waals surface area (Å²) in [7, 11) is 0. The second-order valence-electron chi connectivity index (χ2n) is 5.57. The molecule has 1 aromatic heterocycles. The maximum absolute atomic E-state index is 12.5. The van der Waals surface area contributed by atoms with Crippen molar-refractivity contribution in [2.45, 2.75) is 29.5 Å². The average Bonchev–Trinajstić information content (AvgIpc) is 2.84. The van der Waals surface area contributed by atoms with Gasteiger partial charge in [-0.3, -0.25) is 24.1 Å². The van der Waals surface area contributed by atoms with Gasteiger partial charge in [-0.25, -0.2) is 0 Å². The number of carboxylic acids is 1. The largest absolute Gasteiger partial charge is 0.480 e. The van der Waals surface area contributed by atoms with Crippen LogP contribution >= 0.6 is 23.1 Å². The fourth-order valence-electron chi connectivity index (χ4n) is 2.89. The van der Waals surface area contributed by atoms with Crippen LogP contribution in [-0.2, 0) is 19.8 Å². The van der Waals surface area contributed by atoms with Gasteiger partial charge < -0.3 is 10.1 Å². The predicted octanol–water partition coefficient (Wildman–Crippen LogP) is 0.258. The standard InChI is InChI=1S/C12H12N2O5S2/c1-12(2)5-6(20-8-7(12)21-11(19)13-8)10(18)14(9(5)17)3-4(15)16/h5-6H,3H2,1-2H3,(H,13,19)(H,15,16). The van der Waals surface area contributed by atoms with E-state index in [0.717, 1.165) is 32.9 Å². The SMILES string of the molecule is CC1(C)c2sc(=O)[nH]c2SC2C(=O)N(CC(=O)O)C(=O)C21. The number of likely N-dealkylation sites (tertiary alicyclic amines) is 1. The molecule has 2 amide bonds. The van der Waals surface area contributed by atoms with Gasteiger partial charge in [0, 0.05) is 10.3 Å². The number of hydrogen-bond donors (Lipinski definition) is 2. The highest BCUT2D eigenvalue weighted by molar-refractivity contribution is 8.00. The quantitative estimate of drug-likeness (QED) is 0.754. The van der Waals surface area contributed by atoms with Crippen molar-refractivity contribution in [2.24, 2.45) is 5.92 Å². The van der Waals surface area contributed by atoms with Gasteiger partial charge in [-0.05, 0) is 0 Å². The number of H-pyrrole nitrogens is 1. The van der Waals surface area contributed by atoms with Crippen LogP contribution in [0, 0.1) is 5.92 Å². The number of thiazole rings is 1. The third-order valence-corrected chi connectivity index (χ3v) is 6.48. The number of amides is 2. The fraction of sp³-hybridized carbons (Fsp3) is 0.500. The van der Waals surface area contributed by atoms with E-state index < -0.39 is 40.9 Å². The topological polar surface area (TPSA) is 108 Å². The van der Waals surface area contributed by atoms with Crippen molar-refractivity contribution in [1.29, 1.82) is 0 Å². The molecule has 1 aromatic rings. The molecule has 9 heteroatoms. The number of thioether (sulfide) groups is 1. The average molecular weight is 328 g/mol. The van der Waals surface area contributed by atoms with Crippen molar-refractivity contribution in [1.82, 2.24) is 9.88 Å². The second kappa shape index (κ2) is 4.44. The van der Waals surface area contributed by atoms with Gasteiger partial charge in [0.05, 0.1) is 10.9 Å². The first kappa shape index (κ1) is 14.3. The molecule has 0 aliphatic carbocycles. The van der Waals surface area contributed by atoms with Crippen LogP contribution in [0.5, 0.6) is 0 Å². The summed E-state index contributed by atoms with van der Waals surface area (Å²) in [4.78, 5) is 51.2. The van der Waals surface area contributed by atoms with E-state index in [0.29, 0.717) is 5.03 Å². The van der Waals surface area contributed by atoms with E-state index in [1.807, 2.05) is 13.8 Å². The van der Waals surface area contributed by atoms with Crippen LogP contribution in [-0.4, -0.2) is 44.6 Å². The number of rotatable bonds is 2. The molecule has 2 unspecified atom stereocenters. The van der Waals surface area contributed by atoms with Gasteiger partial charge >= 0.3 is 10.8 Å². The number of nitrogens with zero attached hydrogens (tertiary/aromatic N) is 1. The molecule has 2 atom stereocenters. The molecule has 2 aliphatic rings. The molecule has 3 heterocycles. The normalized spacial score (nSPS) is 26.7. The fourth-order valence-corrected chi connectivity index (χ4v) is 5.69. The van der Waals surface area contributed by atoms with E-state index in [9.17, 15) is 19.2 Å². The van der Waals surface area contributed by atoms with Crippen molar-refractivity contribution in [2.75, 3.05) is 6.54 Å². The number of fused-ring (bicyclic) bond motifs is 2. The Labute approximate surface area is 127 Å². The van der Waals surface area contributed by atoms with Gasteiger partial charge in [0.15, 0.2) is 0 Å². The Morgan fingerprint density at radius 1 is 1.33 bits per heavy atom. The van der Waals surface area contributed by atoms with Crippen molar-refractivity contribution in [3.63, 3.8) is 0 Å². The first-order valence-corrected chi connectivity index (χ1v) is 7.90. The highest BCUT2D eigenvalue weighted by Crippen LogP contribution is 2.52. The number of carbonyl (C=O) groups is 3. The summed E-state index contributed by atoms with van der Waals surface area (Å²) in [6.07, 6.45) is 0. The highest BCUT2D eigenvalue weighted by Gasteiger charge is 2.59. The van der Waals surface area contributed by atoms with Crippen LogP contribution in [0.3, 0.4) is 0 Å². The van der Waals surface area contributed by atoms with Crippen LogP contribution in [0.25, 0.3) is 0 Å². The summed E-state index contributed by atoms with van der Waals surface area (Å²) in [5, 5.41) is 8.77. The summed E-state index contributed by atoms with van der Waals surface area (Å²) >= 11 is 2.18. The molecule has 0 aromatic carbocycles. The van der Waals surface area contributed by atoms with E-state index in [2.05, 4.69) is 4.98 Å². The smallest absolute Gasteiger partial charge is 0.323 e.